The molecule has 0 aliphatic carbocycles. The minimum absolute atomic E-state index is 0.306. The summed E-state index contributed by atoms with van der Waals surface area (Å²) < 4.78 is 11.1. The van der Waals surface area contributed by atoms with Crippen molar-refractivity contribution in [1.82, 2.24) is 4.98 Å². The fourth-order valence-corrected chi connectivity index (χ4v) is 2.04. The third-order valence-electron chi connectivity index (χ3n) is 2.75. The van der Waals surface area contributed by atoms with Crippen LogP contribution in [0.2, 0.25) is 0 Å². The van der Waals surface area contributed by atoms with E-state index in [1.807, 2.05) is 43.3 Å². The molecule has 0 aliphatic rings. The predicted octanol–water partition coefficient (Wildman–Crippen LogP) is 3.72. The number of alkyl halides is 1. The van der Waals surface area contributed by atoms with Crippen molar-refractivity contribution in [3.63, 3.8) is 0 Å². The Balaban J connectivity index is 2.22. The summed E-state index contributed by atoms with van der Waals surface area (Å²) in [4.78, 5) is 4.38. The van der Waals surface area contributed by atoms with Gasteiger partial charge in [-0.05, 0) is 12.5 Å². The highest BCUT2D eigenvalue weighted by atomic mass is 35.5. The Bertz CT molecular complexity index is 543. The molecule has 0 fully saturated rings. The molecule has 1 heterocycles. The van der Waals surface area contributed by atoms with E-state index in [2.05, 4.69) is 4.98 Å². The molecular weight excluding hydrogens is 262 g/mol. The minimum atomic E-state index is 0.306. The molecule has 100 valence electrons. The van der Waals surface area contributed by atoms with E-state index < -0.39 is 0 Å². The van der Waals surface area contributed by atoms with E-state index in [0.29, 0.717) is 24.1 Å². The first-order valence-electron chi connectivity index (χ1n) is 6.01. The molecule has 0 saturated carbocycles. The molecule has 0 amide bonds. The second-order valence-electron chi connectivity index (χ2n) is 4.16. The van der Waals surface area contributed by atoms with Gasteiger partial charge < -0.3 is 9.47 Å². The van der Waals surface area contributed by atoms with Gasteiger partial charge in [-0.15, -0.1) is 11.6 Å². The number of rotatable bonds is 5. The molecule has 0 N–H and O–H groups in total. The average Bonchev–Trinajstić information content (AvgIpc) is 2.45. The van der Waals surface area contributed by atoms with E-state index in [0.717, 1.165) is 16.8 Å². The smallest absolute Gasteiger partial charge is 0.222 e. The predicted molar refractivity (Wildman–Crippen MR) is 75.9 cm³/mol. The van der Waals surface area contributed by atoms with Gasteiger partial charge in [0.05, 0.1) is 18.6 Å². The van der Waals surface area contributed by atoms with E-state index in [1.54, 1.807) is 7.11 Å². The second kappa shape index (κ2) is 6.43. The molecule has 1 aromatic carbocycles. The SMILES string of the molecule is COc1cc(C)nc(OCc2ccccc2)c1CCl. The van der Waals surface area contributed by atoms with Gasteiger partial charge in [-0.25, -0.2) is 4.98 Å². The number of halogens is 1. The van der Waals surface area contributed by atoms with E-state index in [-0.39, 0.29) is 0 Å². The molecule has 3 nitrogen and oxygen atoms in total. The van der Waals surface area contributed by atoms with Crippen molar-refractivity contribution >= 4 is 11.6 Å². The number of hydrogen-bond donors (Lipinski definition) is 0. The fraction of sp³-hybridized carbons (Fsp3) is 0.267. The van der Waals surface area contributed by atoms with Crippen LogP contribution in [0.5, 0.6) is 11.6 Å². The zero-order valence-electron chi connectivity index (χ0n) is 11.0. The van der Waals surface area contributed by atoms with Crippen LogP contribution in [0.15, 0.2) is 36.4 Å². The Labute approximate surface area is 118 Å². The minimum Gasteiger partial charge on any atom is -0.496 e. The zero-order valence-corrected chi connectivity index (χ0v) is 11.8. The van der Waals surface area contributed by atoms with Crippen molar-refractivity contribution < 1.29 is 9.47 Å². The van der Waals surface area contributed by atoms with Crippen molar-refractivity contribution in [3.8, 4) is 11.6 Å². The van der Waals surface area contributed by atoms with Crippen LogP contribution < -0.4 is 9.47 Å². The monoisotopic (exact) mass is 277 g/mol. The molecular formula is C15H16ClNO2. The van der Waals surface area contributed by atoms with E-state index >= 15 is 0 Å². The average molecular weight is 278 g/mol. The first-order chi connectivity index (χ1) is 9.24. The molecule has 0 saturated heterocycles. The maximum atomic E-state index is 5.95. The summed E-state index contributed by atoms with van der Waals surface area (Å²) in [6, 6.07) is 11.8. The Morgan fingerprint density at radius 3 is 2.58 bits per heavy atom. The summed E-state index contributed by atoms with van der Waals surface area (Å²) in [6.07, 6.45) is 0. The van der Waals surface area contributed by atoms with Gasteiger partial charge in [-0.2, -0.15) is 0 Å². The third-order valence-corrected chi connectivity index (χ3v) is 3.01. The van der Waals surface area contributed by atoms with Gasteiger partial charge in [0.1, 0.15) is 12.4 Å². The van der Waals surface area contributed by atoms with Crippen LogP contribution in [-0.2, 0) is 12.5 Å². The number of ether oxygens (including phenoxy) is 2. The molecule has 0 atom stereocenters. The summed E-state index contributed by atoms with van der Waals surface area (Å²) in [5, 5.41) is 0. The maximum Gasteiger partial charge on any atom is 0.222 e. The number of pyridine rings is 1. The van der Waals surface area contributed by atoms with Crippen LogP contribution in [-0.4, -0.2) is 12.1 Å². The Hall–Kier alpha value is -1.74. The number of hydrogen-bond acceptors (Lipinski definition) is 3. The van der Waals surface area contributed by atoms with Crippen molar-refractivity contribution in [1.29, 1.82) is 0 Å². The lowest BCUT2D eigenvalue weighted by Gasteiger charge is -2.13. The topological polar surface area (TPSA) is 31.4 Å². The van der Waals surface area contributed by atoms with Gasteiger partial charge in [0.25, 0.3) is 0 Å². The number of benzene rings is 1. The summed E-state index contributed by atoms with van der Waals surface area (Å²) in [6.45, 7) is 2.36. The van der Waals surface area contributed by atoms with Crippen molar-refractivity contribution in [2.24, 2.45) is 0 Å². The van der Waals surface area contributed by atoms with Gasteiger partial charge in [0.2, 0.25) is 5.88 Å². The zero-order chi connectivity index (χ0) is 13.7. The van der Waals surface area contributed by atoms with Crippen molar-refractivity contribution in [3.05, 3.63) is 53.2 Å². The van der Waals surface area contributed by atoms with Gasteiger partial charge in [0, 0.05) is 11.8 Å². The molecule has 0 bridgehead atoms. The van der Waals surface area contributed by atoms with E-state index in [4.69, 9.17) is 21.1 Å². The molecule has 0 radical (unpaired) electrons. The highest BCUT2D eigenvalue weighted by Gasteiger charge is 2.12. The van der Waals surface area contributed by atoms with Crippen LogP contribution in [0.1, 0.15) is 16.8 Å². The lowest BCUT2D eigenvalue weighted by atomic mass is 10.2. The van der Waals surface area contributed by atoms with Gasteiger partial charge in [-0.3, -0.25) is 0 Å². The van der Waals surface area contributed by atoms with E-state index in [1.165, 1.54) is 0 Å². The first kappa shape index (κ1) is 13.7. The standard InChI is InChI=1S/C15H16ClNO2/c1-11-8-14(18-2)13(9-16)15(17-11)19-10-12-6-4-3-5-7-12/h3-8H,9-10H2,1-2H3. The lowest BCUT2D eigenvalue weighted by Crippen LogP contribution is -2.03. The Morgan fingerprint density at radius 2 is 1.95 bits per heavy atom. The van der Waals surface area contributed by atoms with Gasteiger partial charge in [0.15, 0.2) is 0 Å². The highest BCUT2D eigenvalue weighted by Crippen LogP contribution is 2.29. The summed E-state index contributed by atoms with van der Waals surface area (Å²) in [5.74, 6) is 1.56. The summed E-state index contributed by atoms with van der Waals surface area (Å²) in [5.41, 5.74) is 2.71. The lowest BCUT2D eigenvalue weighted by molar-refractivity contribution is 0.287. The van der Waals surface area contributed by atoms with Crippen molar-refractivity contribution in [2.75, 3.05) is 7.11 Å². The molecule has 19 heavy (non-hydrogen) atoms. The number of aromatic nitrogens is 1. The molecule has 0 unspecified atom stereocenters. The van der Waals surface area contributed by atoms with E-state index in [9.17, 15) is 0 Å². The Morgan fingerprint density at radius 1 is 1.21 bits per heavy atom. The van der Waals surface area contributed by atoms with Crippen LogP contribution in [0.4, 0.5) is 0 Å². The Kier molecular flexibility index (Phi) is 4.63. The van der Waals surface area contributed by atoms with Crippen LogP contribution in [0.3, 0.4) is 0 Å². The van der Waals surface area contributed by atoms with Crippen LogP contribution >= 0.6 is 11.6 Å². The molecule has 2 aromatic rings. The molecule has 4 heteroatoms. The fourth-order valence-electron chi connectivity index (χ4n) is 1.79. The largest absolute Gasteiger partial charge is 0.496 e. The summed E-state index contributed by atoms with van der Waals surface area (Å²) in [7, 11) is 1.62. The highest BCUT2D eigenvalue weighted by molar-refractivity contribution is 6.17. The first-order valence-corrected chi connectivity index (χ1v) is 6.55. The second-order valence-corrected chi connectivity index (χ2v) is 4.42. The van der Waals surface area contributed by atoms with Gasteiger partial charge >= 0.3 is 0 Å². The molecule has 1 aromatic heterocycles. The number of aryl methyl sites for hydroxylation is 1. The van der Waals surface area contributed by atoms with Crippen molar-refractivity contribution in [2.45, 2.75) is 19.4 Å². The van der Waals surface area contributed by atoms with Crippen LogP contribution in [0, 0.1) is 6.92 Å². The maximum absolute atomic E-state index is 5.95. The van der Waals surface area contributed by atoms with Gasteiger partial charge in [-0.1, -0.05) is 30.3 Å². The number of methoxy groups -OCH3 is 1. The summed E-state index contributed by atoms with van der Waals surface area (Å²) >= 11 is 5.95. The third kappa shape index (κ3) is 3.38. The van der Waals surface area contributed by atoms with Crippen LogP contribution in [0.25, 0.3) is 0 Å². The quantitative estimate of drug-likeness (QED) is 0.781. The molecule has 0 spiro atoms. The normalized spacial score (nSPS) is 10.3. The molecule has 2 rings (SSSR count). The molecule has 0 aliphatic heterocycles. The number of nitrogens with zero attached hydrogens (tertiary/aromatic N) is 1.